The molecule has 12 nitrogen and oxygen atoms in total. The highest BCUT2D eigenvalue weighted by Gasteiger charge is 2.28. The van der Waals surface area contributed by atoms with Gasteiger partial charge in [-0.05, 0) is 64.9 Å². The molecule has 12 heteroatoms. The van der Waals surface area contributed by atoms with Crippen molar-refractivity contribution in [2.45, 2.75) is 45.3 Å². The number of hydrogen-bond acceptors (Lipinski definition) is 8. The van der Waals surface area contributed by atoms with Crippen molar-refractivity contribution in [1.29, 1.82) is 0 Å². The summed E-state index contributed by atoms with van der Waals surface area (Å²) in [5.41, 5.74) is 3.94. The number of carbonyl (C=O) groups is 2. The predicted octanol–water partition coefficient (Wildman–Crippen LogP) is 4.40. The SMILES string of the molecule is CN1CCN(c2ccc(C(=O)Nc3c[nH]c4ncnc(-c5cnn(C6CCN(C(=O)OC(C)(C)C)CC6)c5)c34)cc2)CC1. The van der Waals surface area contributed by atoms with Gasteiger partial charge in [-0.2, -0.15) is 5.10 Å². The third kappa shape index (κ3) is 6.34. The van der Waals surface area contributed by atoms with Crippen LogP contribution in [0.25, 0.3) is 22.3 Å². The summed E-state index contributed by atoms with van der Waals surface area (Å²) >= 11 is 0. The molecule has 3 aromatic heterocycles. The summed E-state index contributed by atoms with van der Waals surface area (Å²) in [5, 5.41) is 8.42. The number of aromatic nitrogens is 5. The number of anilines is 2. The van der Waals surface area contributed by atoms with Crippen molar-refractivity contribution in [3.05, 3.63) is 54.7 Å². The van der Waals surface area contributed by atoms with Crippen molar-refractivity contribution in [2.75, 3.05) is 56.5 Å². The number of H-pyrrole nitrogens is 1. The van der Waals surface area contributed by atoms with Crippen LogP contribution >= 0.6 is 0 Å². The van der Waals surface area contributed by atoms with Crippen LogP contribution in [0.4, 0.5) is 16.2 Å². The zero-order valence-electron chi connectivity index (χ0n) is 25.2. The summed E-state index contributed by atoms with van der Waals surface area (Å²) in [6, 6.07) is 7.91. The van der Waals surface area contributed by atoms with Gasteiger partial charge in [0.05, 0.1) is 29.0 Å². The summed E-state index contributed by atoms with van der Waals surface area (Å²) < 4.78 is 7.47. The number of likely N-dealkylation sites (N-methyl/N-ethyl adjacent to an activating group) is 1. The van der Waals surface area contributed by atoms with Gasteiger partial charge in [-0.25, -0.2) is 14.8 Å². The Labute approximate surface area is 251 Å². The Hall–Kier alpha value is -4.45. The van der Waals surface area contributed by atoms with Crippen LogP contribution in [-0.4, -0.2) is 98.4 Å². The summed E-state index contributed by atoms with van der Waals surface area (Å²) in [7, 11) is 2.14. The van der Waals surface area contributed by atoms with E-state index in [2.05, 4.69) is 42.2 Å². The minimum absolute atomic E-state index is 0.156. The molecule has 2 aliphatic heterocycles. The van der Waals surface area contributed by atoms with Gasteiger partial charge in [0, 0.05) is 68.5 Å². The molecule has 43 heavy (non-hydrogen) atoms. The second-order valence-electron chi connectivity index (χ2n) is 12.3. The van der Waals surface area contributed by atoms with E-state index in [1.807, 2.05) is 55.9 Å². The highest BCUT2D eigenvalue weighted by molar-refractivity contribution is 6.11. The zero-order valence-corrected chi connectivity index (χ0v) is 25.2. The normalized spacial score (nSPS) is 16.9. The van der Waals surface area contributed by atoms with Gasteiger partial charge in [-0.15, -0.1) is 0 Å². The topological polar surface area (TPSA) is 125 Å². The van der Waals surface area contributed by atoms with E-state index in [4.69, 9.17) is 4.74 Å². The van der Waals surface area contributed by atoms with Crippen molar-refractivity contribution >= 4 is 34.4 Å². The highest BCUT2D eigenvalue weighted by Crippen LogP contribution is 2.33. The van der Waals surface area contributed by atoms with Gasteiger partial charge in [-0.3, -0.25) is 9.48 Å². The Morgan fingerprint density at radius 2 is 1.72 bits per heavy atom. The Morgan fingerprint density at radius 1 is 1.00 bits per heavy atom. The van der Waals surface area contributed by atoms with Gasteiger partial charge in [0.1, 0.15) is 17.6 Å². The number of rotatable bonds is 5. The number of hydrogen-bond donors (Lipinski definition) is 2. The first-order chi connectivity index (χ1) is 20.6. The quantitative estimate of drug-likeness (QED) is 0.353. The Kier molecular flexibility index (Phi) is 7.78. The average Bonchev–Trinajstić information content (AvgIpc) is 3.65. The molecular formula is C31H39N9O3. The zero-order chi connectivity index (χ0) is 30.1. The van der Waals surface area contributed by atoms with E-state index in [1.165, 1.54) is 6.33 Å². The number of carbonyl (C=O) groups excluding carboxylic acids is 2. The van der Waals surface area contributed by atoms with Crippen molar-refractivity contribution < 1.29 is 14.3 Å². The average molecular weight is 586 g/mol. The number of aromatic amines is 1. The molecule has 2 amide bonds. The first-order valence-electron chi connectivity index (χ1n) is 14.8. The maximum Gasteiger partial charge on any atom is 0.410 e. The van der Waals surface area contributed by atoms with E-state index in [-0.39, 0.29) is 18.0 Å². The number of benzene rings is 1. The van der Waals surface area contributed by atoms with Crippen molar-refractivity contribution in [3.8, 4) is 11.3 Å². The standard InChI is InChI=1S/C31H39N9O3/c1-31(2,3)43-30(42)39-11-9-24(10-12-39)40-19-22(17-35-40)27-26-25(18-32-28(26)34-20-33-27)36-29(41)21-5-7-23(8-6-21)38-15-13-37(4)14-16-38/h5-8,17-20,24H,9-16H2,1-4H3,(H,36,41)(H,32,33,34). The van der Waals surface area contributed by atoms with E-state index in [0.717, 1.165) is 55.7 Å². The van der Waals surface area contributed by atoms with E-state index in [1.54, 1.807) is 17.3 Å². The Bertz CT molecular complexity index is 1590. The summed E-state index contributed by atoms with van der Waals surface area (Å²) in [4.78, 5) is 44.3. The number of piperazine rings is 1. The van der Waals surface area contributed by atoms with Gasteiger partial charge in [0.25, 0.3) is 5.91 Å². The van der Waals surface area contributed by atoms with E-state index >= 15 is 0 Å². The molecule has 226 valence electrons. The second-order valence-corrected chi connectivity index (χ2v) is 12.3. The lowest BCUT2D eigenvalue weighted by molar-refractivity contribution is 0.0184. The van der Waals surface area contributed by atoms with Gasteiger partial charge in [0.2, 0.25) is 0 Å². The second kappa shape index (κ2) is 11.7. The molecule has 0 radical (unpaired) electrons. The molecule has 0 saturated carbocycles. The third-order valence-corrected chi connectivity index (χ3v) is 8.08. The van der Waals surface area contributed by atoms with E-state index in [9.17, 15) is 9.59 Å². The first-order valence-corrected chi connectivity index (χ1v) is 14.8. The minimum Gasteiger partial charge on any atom is -0.444 e. The van der Waals surface area contributed by atoms with Crippen molar-refractivity contribution in [3.63, 3.8) is 0 Å². The predicted molar refractivity (Wildman–Crippen MR) is 165 cm³/mol. The van der Waals surface area contributed by atoms with Crippen LogP contribution in [0.15, 0.2) is 49.2 Å². The first kappa shape index (κ1) is 28.7. The van der Waals surface area contributed by atoms with Crippen LogP contribution in [0.3, 0.4) is 0 Å². The lowest BCUT2D eigenvalue weighted by Crippen LogP contribution is -2.44. The minimum atomic E-state index is -0.514. The molecule has 2 aliphatic rings. The monoisotopic (exact) mass is 585 g/mol. The number of nitrogens with one attached hydrogen (secondary N) is 2. The van der Waals surface area contributed by atoms with E-state index < -0.39 is 5.60 Å². The van der Waals surface area contributed by atoms with Gasteiger partial charge >= 0.3 is 6.09 Å². The van der Waals surface area contributed by atoms with Crippen LogP contribution in [0.2, 0.25) is 0 Å². The summed E-state index contributed by atoms with van der Waals surface area (Å²) in [5.74, 6) is -0.201. The molecule has 5 heterocycles. The summed E-state index contributed by atoms with van der Waals surface area (Å²) in [6.45, 7) is 10.8. The molecule has 2 fully saturated rings. The molecule has 2 N–H and O–H groups in total. The number of ether oxygens (including phenoxy) is 1. The molecule has 0 spiro atoms. The van der Waals surface area contributed by atoms with Gasteiger partial charge in [0.15, 0.2) is 0 Å². The number of nitrogens with zero attached hydrogens (tertiary/aromatic N) is 7. The molecule has 0 atom stereocenters. The fourth-order valence-electron chi connectivity index (χ4n) is 5.66. The van der Waals surface area contributed by atoms with Crippen LogP contribution in [0.1, 0.15) is 50.0 Å². The molecule has 0 bridgehead atoms. The van der Waals surface area contributed by atoms with Crippen LogP contribution in [0.5, 0.6) is 0 Å². The largest absolute Gasteiger partial charge is 0.444 e. The van der Waals surface area contributed by atoms with E-state index in [0.29, 0.717) is 35.7 Å². The molecule has 6 rings (SSSR count). The number of fused-ring (bicyclic) bond motifs is 1. The fraction of sp³-hybridized carbons (Fsp3) is 0.452. The number of piperidine rings is 1. The molecule has 4 aromatic rings. The Morgan fingerprint density at radius 3 is 2.42 bits per heavy atom. The van der Waals surface area contributed by atoms with Crippen molar-refractivity contribution in [2.24, 2.45) is 0 Å². The van der Waals surface area contributed by atoms with Crippen LogP contribution in [-0.2, 0) is 4.74 Å². The van der Waals surface area contributed by atoms with Gasteiger partial charge in [-0.1, -0.05) is 0 Å². The maximum absolute atomic E-state index is 13.3. The lowest BCUT2D eigenvalue weighted by Gasteiger charge is -2.34. The van der Waals surface area contributed by atoms with Gasteiger partial charge < -0.3 is 29.7 Å². The Balaban J connectivity index is 1.15. The fourth-order valence-corrected chi connectivity index (χ4v) is 5.66. The molecule has 0 unspecified atom stereocenters. The lowest BCUT2D eigenvalue weighted by atomic mass is 10.1. The molecule has 1 aromatic carbocycles. The van der Waals surface area contributed by atoms with Crippen molar-refractivity contribution in [1.82, 2.24) is 34.5 Å². The third-order valence-electron chi connectivity index (χ3n) is 8.08. The number of likely N-dealkylation sites (tertiary alicyclic amines) is 1. The molecule has 2 saturated heterocycles. The van der Waals surface area contributed by atoms with Crippen LogP contribution < -0.4 is 10.2 Å². The highest BCUT2D eigenvalue weighted by atomic mass is 16.6. The summed E-state index contributed by atoms with van der Waals surface area (Å²) in [6.07, 6.45) is 8.30. The molecule has 0 aliphatic carbocycles. The molecular weight excluding hydrogens is 546 g/mol. The number of amides is 2. The smallest absolute Gasteiger partial charge is 0.410 e. The maximum atomic E-state index is 13.3. The van der Waals surface area contributed by atoms with Crippen LogP contribution in [0, 0.1) is 0 Å².